The Morgan fingerprint density at radius 2 is 2.22 bits per heavy atom. The van der Waals surface area contributed by atoms with Crippen molar-refractivity contribution < 1.29 is 12.8 Å². The summed E-state index contributed by atoms with van der Waals surface area (Å²) in [7, 11) is -2.29. The maximum atomic E-state index is 14.1. The SMILES string of the molecule is Cn1ccnc1C1CNCCN1S(=O)(=O)c1c(F)cccc1Cl. The number of nitrogens with one attached hydrogen (secondary N) is 1. The normalized spacial score (nSPS) is 19.9. The van der Waals surface area contributed by atoms with E-state index in [1.54, 1.807) is 24.0 Å². The maximum absolute atomic E-state index is 14.1. The second-order valence-electron chi connectivity index (χ2n) is 5.28. The van der Waals surface area contributed by atoms with Crippen LogP contribution in [0.3, 0.4) is 0 Å². The summed E-state index contributed by atoms with van der Waals surface area (Å²) < 4.78 is 43.1. The van der Waals surface area contributed by atoms with Crippen LogP contribution < -0.4 is 5.32 Å². The summed E-state index contributed by atoms with van der Waals surface area (Å²) >= 11 is 5.95. The van der Waals surface area contributed by atoms with Crippen LogP contribution in [-0.2, 0) is 17.1 Å². The predicted octanol–water partition coefficient (Wildman–Crippen LogP) is 1.55. The zero-order valence-corrected chi connectivity index (χ0v) is 14.0. The standard InChI is InChI=1S/C14H16ClFN4O2S/c1-19-7-6-18-14(19)12-9-17-5-8-20(12)23(21,22)13-10(15)3-2-4-11(13)16/h2-4,6-7,12,17H,5,8-9H2,1H3. The fraction of sp³-hybridized carbons (Fsp3) is 0.357. The zero-order chi connectivity index (χ0) is 16.6. The Balaban J connectivity index is 2.08. The molecular weight excluding hydrogens is 343 g/mol. The van der Waals surface area contributed by atoms with Crippen LogP contribution in [-0.4, -0.2) is 41.9 Å². The molecule has 1 saturated heterocycles. The van der Waals surface area contributed by atoms with E-state index in [1.165, 1.54) is 16.4 Å². The molecule has 2 heterocycles. The minimum Gasteiger partial charge on any atom is -0.337 e. The number of aryl methyl sites for hydroxylation is 1. The molecule has 0 saturated carbocycles. The van der Waals surface area contributed by atoms with Crippen molar-refractivity contribution >= 4 is 21.6 Å². The van der Waals surface area contributed by atoms with Gasteiger partial charge in [-0.05, 0) is 12.1 Å². The Morgan fingerprint density at radius 1 is 1.43 bits per heavy atom. The van der Waals surface area contributed by atoms with Gasteiger partial charge in [-0.3, -0.25) is 0 Å². The largest absolute Gasteiger partial charge is 0.337 e. The number of sulfonamides is 1. The van der Waals surface area contributed by atoms with E-state index in [1.807, 2.05) is 0 Å². The lowest BCUT2D eigenvalue weighted by Gasteiger charge is -2.34. The minimum atomic E-state index is -4.08. The molecule has 23 heavy (non-hydrogen) atoms. The Morgan fingerprint density at radius 3 is 2.87 bits per heavy atom. The van der Waals surface area contributed by atoms with E-state index in [4.69, 9.17) is 11.6 Å². The van der Waals surface area contributed by atoms with Crippen molar-refractivity contribution in [2.45, 2.75) is 10.9 Å². The second kappa shape index (κ2) is 6.20. The van der Waals surface area contributed by atoms with Gasteiger partial charge < -0.3 is 9.88 Å². The average molecular weight is 359 g/mol. The number of halogens is 2. The van der Waals surface area contributed by atoms with Gasteiger partial charge in [0.1, 0.15) is 16.5 Å². The zero-order valence-electron chi connectivity index (χ0n) is 12.4. The van der Waals surface area contributed by atoms with Gasteiger partial charge in [-0.15, -0.1) is 0 Å². The highest BCUT2D eigenvalue weighted by atomic mass is 35.5. The summed E-state index contributed by atoms with van der Waals surface area (Å²) in [5, 5.41) is 3.02. The molecule has 1 aromatic heterocycles. The number of imidazole rings is 1. The summed E-state index contributed by atoms with van der Waals surface area (Å²) in [6.45, 7) is 1.09. The van der Waals surface area contributed by atoms with Crippen LogP contribution in [0.4, 0.5) is 4.39 Å². The van der Waals surface area contributed by atoms with Crippen molar-refractivity contribution in [1.29, 1.82) is 0 Å². The maximum Gasteiger partial charge on any atom is 0.248 e. The van der Waals surface area contributed by atoms with Crippen molar-refractivity contribution in [1.82, 2.24) is 19.2 Å². The molecule has 1 aliphatic rings. The first-order chi connectivity index (χ1) is 10.9. The molecule has 3 rings (SSSR count). The average Bonchev–Trinajstić information content (AvgIpc) is 2.93. The Labute approximate surface area is 138 Å². The van der Waals surface area contributed by atoms with Gasteiger partial charge in [0.2, 0.25) is 10.0 Å². The van der Waals surface area contributed by atoms with Crippen LogP contribution >= 0.6 is 11.6 Å². The summed E-state index contributed by atoms with van der Waals surface area (Å²) in [4.78, 5) is 3.75. The smallest absolute Gasteiger partial charge is 0.248 e. The lowest BCUT2D eigenvalue weighted by Crippen LogP contribution is -2.49. The van der Waals surface area contributed by atoms with Gasteiger partial charge in [0.15, 0.2) is 0 Å². The molecule has 0 bridgehead atoms. The molecule has 0 aliphatic carbocycles. The van der Waals surface area contributed by atoms with E-state index in [0.717, 1.165) is 6.07 Å². The van der Waals surface area contributed by atoms with E-state index in [9.17, 15) is 12.8 Å². The van der Waals surface area contributed by atoms with Crippen LogP contribution in [0, 0.1) is 5.82 Å². The van der Waals surface area contributed by atoms with Gasteiger partial charge >= 0.3 is 0 Å². The van der Waals surface area contributed by atoms with Crippen LogP contribution in [0.5, 0.6) is 0 Å². The van der Waals surface area contributed by atoms with E-state index in [-0.39, 0.29) is 11.6 Å². The Bertz CT molecular complexity index is 804. The molecule has 1 atom stereocenters. The van der Waals surface area contributed by atoms with E-state index < -0.39 is 26.8 Å². The van der Waals surface area contributed by atoms with Gasteiger partial charge in [0.05, 0.1) is 11.1 Å². The van der Waals surface area contributed by atoms with Gasteiger partial charge in [-0.1, -0.05) is 17.7 Å². The third-order valence-electron chi connectivity index (χ3n) is 3.84. The summed E-state index contributed by atoms with van der Waals surface area (Å²) in [6, 6.07) is 3.32. The molecule has 0 spiro atoms. The lowest BCUT2D eigenvalue weighted by atomic mass is 10.2. The minimum absolute atomic E-state index is 0.123. The highest BCUT2D eigenvalue weighted by molar-refractivity contribution is 7.89. The van der Waals surface area contributed by atoms with Gasteiger partial charge in [0.25, 0.3) is 0 Å². The van der Waals surface area contributed by atoms with E-state index >= 15 is 0 Å². The summed E-state index contributed by atoms with van der Waals surface area (Å²) in [5.74, 6) is -0.261. The van der Waals surface area contributed by atoms with Gasteiger partial charge in [-0.25, -0.2) is 17.8 Å². The quantitative estimate of drug-likeness (QED) is 0.904. The van der Waals surface area contributed by atoms with Crippen molar-refractivity contribution in [2.75, 3.05) is 19.6 Å². The first-order valence-corrected chi connectivity index (χ1v) is 8.88. The molecule has 6 nitrogen and oxygen atoms in total. The third kappa shape index (κ3) is 2.87. The summed E-state index contributed by atoms with van der Waals surface area (Å²) in [6.07, 6.45) is 3.34. The highest BCUT2D eigenvalue weighted by Gasteiger charge is 2.38. The molecule has 1 fully saturated rings. The molecule has 1 unspecified atom stereocenters. The topological polar surface area (TPSA) is 67.2 Å². The molecular formula is C14H16ClFN4O2S. The van der Waals surface area contributed by atoms with Crippen molar-refractivity contribution in [3.05, 3.63) is 47.3 Å². The van der Waals surface area contributed by atoms with Crippen LogP contribution in [0.2, 0.25) is 5.02 Å². The lowest BCUT2D eigenvalue weighted by molar-refractivity contribution is 0.257. The van der Waals surface area contributed by atoms with Crippen LogP contribution in [0.15, 0.2) is 35.5 Å². The first kappa shape index (κ1) is 16.4. The van der Waals surface area contributed by atoms with Crippen LogP contribution in [0.25, 0.3) is 0 Å². The number of aromatic nitrogens is 2. The van der Waals surface area contributed by atoms with Gasteiger partial charge in [0, 0.05) is 39.1 Å². The Hall–Kier alpha value is -1.48. The highest BCUT2D eigenvalue weighted by Crippen LogP contribution is 2.32. The second-order valence-corrected chi connectivity index (χ2v) is 7.52. The molecule has 1 aromatic carbocycles. The van der Waals surface area contributed by atoms with Crippen molar-refractivity contribution in [3.8, 4) is 0 Å². The summed E-state index contributed by atoms with van der Waals surface area (Å²) in [5.41, 5.74) is 0. The molecule has 1 N–H and O–H groups in total. The predicted molar refractivity (Wildman–Crippen MR) is 84.1 cm³/mol. The first-order valence-electron chi connectivity index (χ1n) is 7.06. The molecule has 2 aromatic rings. The molecule has 124 valence electrons. The molecule has 9 heteroatoms. The number of piperazine rings is 1. The van der Waals surface area contributed by atoms with Crippen molar-refractivity contribution in [3.63, 3.8) is 0 Å². The number of rotatable bonds is 3. The number of nitrogens with zero attached hydrogens (tertiary/aromatic N) is 3. The molecule has 1 aliphatic heterocycles. The molecule has 0 amide bonds. The van der Waals surface area contributed by atoms with Crippen molar-refractivity contribution in [2.24, 2.45) is 7.05 Å². The Kier molecular flexibility index (Phi) is 4.41. The molecule has 0 radical (unpaired) electrons. The number of hydrogen-bond donors (Lipinski definition) is 1. The fourth-order valence-corrected chi connectivity index (χ4v) is 4.89. The van der Waals surface area contributed by atoms with E-state index in [0.29, 0.717) is 18.9 Å². The number of hydrogen-bond acceptors (Lipinski definition) is 4. The van der Waals surface area contributed by atoms with E-state index in [2.05, 4.69) is 10.3 Å². The monoisotopic (exact) mass is 358 g/mol. The third-order valence-corrected chi connectivity index (χ3v) is 6.25. The van der Waals surface area contributed by atoms with Crippen LogP contribution in [0.1, 0.15) is 11.9 Å². The fourth-order valence-electron chi connectivity index (χ4n) is 2.74. The van der Waals surface area contributed by atoms with Gasteiger partial charge in [-0.2, -0.15) is 4.31 Å². The number of benzene rings is 1.